The van der Waals surface area contributed by atoms with Crippen molar-refractivity contribution in [2.75, 3.05) is 26.2 Å². The number of nitrogens with one attached hydrogen (secondary N) is 2. The predicted molar refractivity (Wildman–Crippen MR) is 114 cm³/mol. The van der Waals surface area contributed by atoms with Crippen LogP contribution in [0.1, 0.15) is 41.0 Å². The Morgan fingerprint density at radius 2 is 2.00 bits per heavy atom. The molecule has 4 rings (SSSR count). The number of carbonyl (C=O) groups excluding carboxylic acids is 2. The van der Waals surface area contributed by atoms with Gasteiger partial charge in [-0.15, -0.1) is 11.3 Å². The Morgan fingerprint density at radius 3 is 2.73 bits per heavy atom. The lowest BCUT2D eigenvalue weighted by atomic mass is 9.99. The summed E-state index contributed by atoms with van der Waals surface area (Å²) in [6.07, 6.45) is 4.61. The fourth-order valence-electron chi connectivity index (χ4n) is 3.99. The highest BCUT2D eigenvalue weighted by molar-refractivity contribution is 7.89. The fraction of sp³-hybridized carbons (Fsp3) is 0.500. The molecule has 30 heavy (non-hydrogen) atoms. The number of thiophene rings is 1. The number of hydrogen-bond donors (Lipinski definition) is 2. The Bertz CT molecular complexity index is 994. The van der Waals surface area contributed by atoms with Gasteiger partial charge in [0.2, 0.25) is 15.9 Å². The molecule has 2 saturated heterocycles. The van der Waals surface area contributed by atoms with E-state index in [0.717, 1.165) is 17.7 Å². The summed E-state index contributed by atoms with van der Waals surface area (Å²) < 4.78 is 27.6. The minimum atomic E-state index is -3.77. The molecule has 0 aromatic carbocycles. The van der Waals surface area contributed by atoms with E-state index in [1.54, 1.807) is 16.2 Å². The van der Waals surface area contributed by atoms with Gasteiger partial charge in [-0.25, -0.2) is 8.42 Å². The van der Waals surface area contributed by atoms with Crippen LogP contribution in [0.5, 0.6) is 0 Å². The maximum absolute atomic E-state index is 13.1. The quantitative estimate of drug-likeness (QED) is 0.703. The number of hydrogen-bond acceptors (Lipinski definition) is 5. The average molecular weight is 451 g/mol. The molecule has 162 valence electrons. The van der Waals surface area contributed by atoms with Gasteiger partial charge in [-0.3, -0.25) is 9.59 Å². The maximum Gasteiger partial charge on any atom is 0.270 e. The van der Waals surface area contributed by atoms with Gasteiger partial charge in [-0.05, 0) is 43.2 Å². The van der Waals surface area contributed by atoms with Crippen LogP contribution in [0.4, 0.5) is 0 Å². The van der Waals surface area contributed by atoms with Crippen molar-refractivity contribution < 1.29 is 18.0 Å². The van der Waals surface area contributed by atoms with Crippen LogP contribution in [-0.4, -0.2) is 60.6 Å². The zero-order valence-corrected chi connectivity index (χ0v) is 18.3. The Balaban J connectivity index is 1.41. The van der Waals surface area contributed by atoms with E-state index in [2.05, 4.69) is 10.3 Å². The van der Waals surface area contributed by atoms with Crippen molar-refractivity contribution in [2.45, 2.75) is 37.1 Å². The van der Waals surface area contributed by atoms with Crippen LogP contribution in [0.2, 0.25) is 0 Å². The van der Waals surface area contributed by atoms with Gasteiger partial charge >= 0.3 is 0 Å². The summed E-state index contributed by atoms with van der Waals surface area (Å²) in [5, 5.41) is 4.86. The number of carbonyl (C=O) groups is 2. The number of H-pyrrole nitrogens is 1. The average Bonchev–Trinajstić information content (AvgIpc) is 3.53. The van der Waals surface area contributed by atoms with Crippen LogP contribution >= 0.6 is 11.3 Å². The minimum absolute atomic E-state index is 0.0738. The lowest BCUT2D eigenvalue weighted by Gasteiger charge is -2.30. The van der Waals surface area contributed by atoms with Crippen LogP contribution in [-0.2, 0) is 21.4 Å². The van der Waals surface area contributed by atoms with E-state index in [4.69, 9.17) is 0 Å². The maximum atomic E-state index is 13.1. The molecule has 0 radical (unpaired) electrons. The van der Waals surface area contributed by atoms with Gasteiger partial charge in [-0.2, -0.15) is 4.31 Å². The van der Waals surface area contributed by atoms with E-state index in [1.807, 2.05) is 17.5 Å². The van der Waals surface area contributed by atoms with Gasteiger partial charge in [0, 0.05) is 37.3 Å². The van der Waals surface area contributed by atoms with Gasteiger partial charge in [0.15, 0.2) is 0 Å². The van der Waals surface area contributed by atoms with Crippen LogP contribution < -0.4 is 5.32 Å². The first-order valence-electron chi connectivity index (χ1n) is 10.2. The van der Waals surface area contributed by atoms with Crippen molar-refractivity contribution in [1.29, 1.82) is 0 Å². The number of aromatic nitrogens is 1. The first kappa shape index (κ1) is 21.1. The second-order valence-corrected chi connectivity index (χ2v) is 10.7. The zero-order valence-electron chi connectivity index (χ0n) is 16.7. The zero-order chi connectivity index (χ0) is 21.1. The van der Waals surface area contributed by atoms with E-state index >= 15 is 0 Å². The predicted octanol–water partition coefficient (Wildman–Crippen LogP) is 2.03. The monoisotopic (exact) mass is 450 g/mol. The summed E-state index contributed by atoms with van der Waals surface area (Å²) >= 11 is 1.57. The molecule has 2 aromatic rings. The number of sulfonamides is 1. The largest absolute Gasteiger partial charge is 0.356 e. The normalized spacial score (nSPS) is 20.4. The van der Waals surface area contributed by atoms with Gasteiger partial charge in [0.05, 0.1) is 12.5 Å². The highest BCUT2D eigenvalue weighted by Crippen LogP contribution is 2.25. The molecule has 2 aliphatic rings. The van der Waals surface area contributed by atoms with Crippen LogP contribution in [0.3, 0.4) is 0 Å². The standard InChI is InChI=1S/C20H26N4O4S2/c25-19(22-12-16-6-4-10-29-16)15-5-3-9-24(14-15)30(27,28)17-11-18(21-13-17)20(26)23-7-1-2-8-23/h4,6,10-11,13,15,21H,1-3,5,7-9,12,14H2,(H,22,25). The summed E-state index contributed by atoms with van der Waals surface area (Å²) in [6, 6.07) is 5.30. The number of rotatable bonds is 6. The summed E-state index contributed by atoms with van der Waals surface area (Å²) in [6.45, 7) is 2.39. The third-order valence-corrected chi connectivity index (χ3v) is 8.41. The number of nitrogens with zero attached hydrogens (tertiary/aromatic N) is 2. The van der Waals surface area contributed by atoms with E-state index in [9.17, 15) is 18.0 Å². The smallest absolute Gasteiger partial charge is 0.270 e. The first-order chi connectivity index (χ1) is 14.4. The topological polar surface area (TPSA) is 103 Å². The number of aromatic amines is 1. The van der Waals surface area contributed by atoms with Crippen molar-refractivity contribution in [3.63, 3.8) is 0 Å². The third-order valence-electron chi connectivity index (χ3n) is 5.69. The van der Waals surface area contributed by atoms with Crippen LogP contribution in [0.25, 0.3) is 0 Å². The van der Waals surface area contributed by atoms with Gasteiger partial charge < -0.3 is 15.2 Å². The van der Waals surface area contributed by atoms with Crippen LogP contribution in [0, 0.1) is 5.92 Å². The third kappa shape index (κ3) is 4.45. The second-order valence-electron chi connectivity index (χ2n) is 7.75. The molecule has 0 saturated carbocycles. The highest BCUT2D eigenvalue weighted by Gasteiger charge is 2.34. The summed E-state index contributed by atoms with van der Waals surface area (Å²) in [4.78, 5) is 30.8. The van der Waals surface area contributed by atoms with Crippen molar-refractivity contribution >= 4 is 33.2 Å². The first-order valence-corrected chi connectivity index (χ1v) is 12.5. The van der Waals surface area contributed by atoms with Crippen molar-refractivity contribution in [3.8, 4) is 0 Å². The molecule has 0 aliphatic carbocycles. The molecule has 2 aromatic heterocycles. The highest BCUT2D eigenvalue weighted by atomic mass is 32.2. The summed E-state index contributed by atoms with van der Waals surface area (Å²) in [7, 11) is -3.77. The van der Waals surface area contributed by atoms with Crippen molar-refractivity contribution in [3.05, 3.63) is 40.3 Å². The summed E-state index contributed by atoms with van der Waals surface area (Å²) in [5.74, 6) is -0.668. The van der Waals surface area contributed by atoms with E-state index in [0.29, 0.717) is 39.0 Å². The Kier molecular flexibility index (Phi) is 6.26. The van der Waals surface area contributed by atoms with E-state index in [-0.39, 0.29) is 34.9 Å². The molecule has 2 amide bonds. The van der Waals surface area contributed by atoms with E-state index < -0.39 is 10.0 Å². The van der Waals surface area contributed by atoms with Gasteiger partial charge in [0.25, 0.3) is 5.91 Å². The molecule has 1 unspecified atom stereocenters. The number of amides is 2. The minimum Gasteiger partial charge on any atom is -0.356 e. The Morgan fingerprint density at radius 1 is 1.20 bits per heavy atom. The van der Waals surface area contributed by atoms with E-state index in [1.165, 1.54) is 16.6 Å². The molecule has 2 N–H and O–H groups in total. The molecular formula is C20H26N4O4S2. The van der Waals surface area contributed by atoms with Crippen molar-refractivity contribution in [1.82, 2.24) is 19.5 Å². The van der Waals surface area contributed by atoms with Gasteiger partial charge in [0.1, 0.15) is 10.6 Å². The summed E-state index contributed by atoms with van der Waals surface area (Å²) in [5.41, 5.74) is 0.290. The molecule has 10 heteroatoms. The van der Waals surface area contributed by atoms with Crippen LogP contribution in [0.15, 0.2) is 34.7 Å². The molecule has 2 aliphatic heterocycles. The SMILES string of the molecule is O=C(NCc1cccs1)C1CCCN(S(=O)(=O)c2c[nH]c(C(=O)N3CCCC3)c2)C1. The lowest BCUT2D eigenvalue weighted by Crippen LogP contribution is -2.45. The van der Waals surface area contributed by atoms with Gasteiger partial charge in [-0.1, -0.05) is 6.07 Å². The molecular weight excluding hydrogens is 424 g/mol. The number of likely N-dealkylation sites (tertiary alicyclic amines) is 1. The molecule has 4 heterocycles. The molecule has 8 nitrogen and oxygen atoms in total. The Hall–Kier alpha value is -2.17. The van der Waals surface area contributed by atoms with Crippen molar-refractivity contribution in [2.24, 2.45) is 5.92 Å². The lowest BCUT2D eigenvalue weighted by molar-refractivity contribution is -0.126. The fourth-order valence-corrected chi connectivity index (χ4v) is 6.16. The number of piperidine rings is 1. The molecule has 2 fully saturated rings. The second kappa shape index (κ2) is 8.91. The molecule has 0 bridgehead atoms. The molecule has 1 atom stereocenters. The Labute approximate surface area is 180 Å². The molecule has 0 spiro atoms.